The van der Waals surface area contributed by atoms with Gasteiger partial charge in [0, 0.05) is 63.6 Å². The van der Waals surface area contributed by atoms with Gasteiger partial charge in [-0.2, -0.15) is 0 Å². The van der Waals surface area contributed by atoms with Gasteiger partial charge in [-0.05, 0) is 36.6 Å². The van der Waals surface area contributed by atoms with E-state index in [0.29, 0.717) is 0 Å². The molecule has 6 nitrogen and oxygen atoms in total. The van der Waals surface area contributed by atoms with Crippen molar-refractivity contribution < 1.29 is 4.79 Å². The summed E-state index contributed by atoms with van der Waals surface area (Å²) >= 11 is 0. The summed E-state index contributed by atoms with van der Waals surface area (Å²) in [6.45, 7) is 6.07. The van der Waals surface area contributed by atoms with Gasteiger partial charge in [-0.1, -0.05) is 24.3 Å². The van der Waals surface area contributed by atoms with Crippen LogP contribution in [0.2, 0.25) is 0 Å². The maximum absolute atomic E-state index is 13.5. The molecule has 0 saturated carbocycles. The molecule has 3 aromatic rings. The Bertz CT molecular complexity index is 1020. The molecule has 0 spiro atoms. The molecule has 0 unspecified atom stereocenters. The minimum absolute atomic E-state index is 0.108. The number of pyridine rings is 2. The largest absolute Gasteiger partial charge is 0.356 e. The lowest BCUT2D eigenvalue weighted by atomic mass is 10.1. The van der Waals surface area contributed by atoms with Gasteiger partial charge in [-0.25, -0.2) is 4.98 Å². The molecule has 154 valence electrons. The summed E-state index contributed by atoms with van der Waals surface area (Å²) in [5.41, 5.74) is 2.92. The highest BCUT2D eigenvalue weighted by Gasteiger charge is 2.27. The van der Waals surface area contributed by atoms with E-state index in [1.165, 1.54) is 5.56 Å². The minimum atomic E-state index is 0.108. The fraction of sp³-hybridized carbons (Fsp3) is 0.375. The molecule has 0 atom stereocenters. The van der Waals surface area contributed by atoms with E-state index in [4.69, 9.17) is 4.98 Å². The molecule has 0 radical (unpaired) electrons. The highest BCUT2D eigenvalue weighted by molar-refractivity contribution is 6.02. The van der Waals surface area contributed by atoms with Crippen molar-refractivity contribution >= 4 is 22.6 Å². The van der Waals surface area contributed by atoms with Crippen molar-refractivity contribution in [2.75, 3.05) is 44.2 Å². The number of aromatic nitrogens is 2. The van der Waals surface area contributed by atoms with Crippen LogP contribution in [-0.4, -0.2) is 64.9 Å². The van der Waals surface area contributed by atoms with Crippen molar-refractivity contribution in [2.24, 2.45) is 0 Å². The Labute approximate surface area is 177 Å². The summed E-state index contributed by atoms with van der Waals surface area (Å²) in [7, 11) is 0. The second-order valence-corrected chi connectivity index (χ2v) is 8.18. The van der Waals surface area contributed by atoms with Crippen LogP contribution in [0.1, 0.15) is 28.8 Å². The highest BCUT2D eigenvalue weighted by atomic mass is 16.2. The van der Waals surface area contributed by atoms with Crippen LogP contribution in [0.3, 0.4) is 0 Å². The first-order chi connectivity index (χ1) is 14.8. The molecular weight excluding hydrogens is 374 g/mol. The van der Waals surface area contributed by atoms with Crippen LogP contribution in [0.5, 0.6) is 0 Å². The van der Waals surface area contributed by atoms with Gasteiger partial charge in [0.05, 0.1) is 11.1 Å². The molecule has 2 fully saturated rings. The number of hydrogen-bond donors (Lipinski definition) is 0. The Hall–Kier alpha value is -2.99. The van der Waals surface area contributed by atoms with Gasteiger partial charge in [0.1, 0.15) is 5.82 Å². The molecule has 4 heterocycles. The summed E-state index contributed by atoms with van der Waals surface area (Å²) in [5.74, 6) is 0.963. The molecular formula is C24H27N5O. The Morgan fingerprint density at radius 3 is 2.50 bits per heavy atom. The third-order valence-corrected chi connectivity index (χ3v) is 6.13. The van der Waals surface area contributed by atoms with Crippen molar-refractivity contribution in [2.45, 2.75) is 19.4 Å². The van der Waals surface area contributed by atoms with Crippen molar-refractivity contribution in [1.82, 2.24) is 19.8 Å². The van der Waals surface area contributed by atoms with Crippen LogP contribution >= 0.6 is 0 Å². The lowest BCUT2D eigenvalue weighted by Crippen LogP contribution is -2.48. The standard InChI is InChI=1S/C24H27N5O/c30-24(29-14-12-27(13-15-29)18-19-6-5-9-25-17-19)21-16-20-7-1-2-8-22(20)26-23(21)28-10-3-4-11-28/h1-2,5-9,16-17H,3-4,10-15,18H2. The predicted octanol–water partition coefficient (Wildman–Crippen LogP) is 3.19. The number of hydrogen-bond acceptors (Lipinski definition) is 5. The van der Waals surface area contributed by atoms with Gasteiger partial charge in [-0.3, -0.25) is 14.7 Å². The van der Waals surface area contributed by atoms with Crippen LogP contribution in [-0.2, 0) is 6.54 Å². The van der Waals surface area contributed by atoms with E-state index in [1.807, 2.05) is 47.5 Å². The topological polar surface area (TPSA) is 52.6 Å². The summed E-state index contributed by atoms with van der Waals surface area (Å²) in [6, 6.07) is 14.2. The smallest absolute Gasteiger partial charge is 0.257 e. The summed E-state index contributed by atoms with van der Waals surface area (Å²) in [6.07, 6.45) is 6.04. The van der Waals surface area contributed by atoms with E-state index in [0.717, 1.165) is 80.9 Å². The first kappa shape index (κ1) is 19.0. The molecule has 30 heavy (non-hydrogen) atoms. The van der Waals surface area contributed by atoms with E-state index in [1.54, 1.807) is 6.20 Å². The van der Waals surface area contributed by atoms with Crippen LogP contribution in [0, 0.1) is 0 Å². The van der Waals surface area contributed by atoms with Gasteiger partial charge in [0.2, 0.25) is 0 Å². The van der Waals surface area contributed by atoms with Gasteiger partial charge >= 0.3 is 0 Å². The van der Waals surface area contributed by atoms with Crippen molar-refractivity contribution in [3.8, 4) is 0 Å². The van der Waals surface area contributed by atoms with E-state index in [-0.39, 0.29) is 5.91 Å². The predicted molar refractivity (Wildman–Crippen MR) is 119 cm³/mol. The lowest BCUT2D eigenvalue weighted by molar-refractivity contribution is 0.0629. The second kappa shape index (κ2) is 8.40. The number of benzene rings is 1. The first-order valence-corrected chi connectivity index (χ1v) is 10.8. The molecule has 1 aromatic carbocycles. The summed E-state index contributed by atoms with van der Waals surface area (Å²) < 4.78 is 0. The maximum Gasteiger partial charge on any atom is 0.257 e. The molecule has 2 aromatic heterocycles. The number of rotatable bonds is 4. The molecule has 1 amide bonds. The van der Waals surface area contributed by atoms with Gasteiger partial charge in [0.15, 0.2) is 0 Å². The SMILES string of the molecule is O=C(c1cc2ccccc2nc1N1CCCC1)N1CCN(Cc2cccnc2)CC1. The number of carbonyl (C=O) groups excluding carboxylic acids is 1. The average Bonchev–Trinajstić information content (AvgIpc) is 3.34. The zero-order chi connectivity index (χ0) is 20.3. The zero-order valence-corrected chi connectivity index (χ0v) is 17.2. The van der Waals surface area contributed by atoms with E-state index in [9.17, 15) is 4.79 Å². The van der Waals surface area contributed by atoms with Crippen molar-refractivity contribution in [3.63, 3.8) is 0 Å². The highest BCUT2D eigenvalue weighted by Crippen LogP contribution is 2.28. The number of para-hydroxylation sites is 1. The van der Waals surface area contributed by atoms with E-state index >= 15 is 0 Å². The molecule has 6 heteroatoms. The quantitative estimate of drug-likeness (QED) is 0.672. The Morgan fingerprint density at radius 2 is 1.73 bits per heavy atom. The first-order valence-electron chi connectivity index (χ1n) is 10.8. The van der Waals surface area contributed by atoms with Gasteiger partial charge < -0.3 is 9.80 Å². The van der Waals surface area contributed by atoms with Crippen LogP contribution in [0.4, 0.5) is 5.82 Å². The fourth-order valence-corrected chi connectivity index (χ4v) is 4.46. The van der Waals surface area contributed by atoms with Crippen LogP contribution < -0.4 is 4.90 Å². The lowest BCUT2D eigenvalue weighted by Gasteiger charge is -2.35. The number of nitrogens with zero attached hydrogens (tertiary/aromatic N) is 5. The molecule has 0 aliphatic carbocycles. The number of fused-ring (bicyclic) bond motifs is 1. The van der Waals surface area contributed by atoms with E-state index < -0.39 is 0 Å². The fourth-order valence-electron chi connectivity index (χ4n) is 4.46. The summed E-state index contributed by atoms with van der Waals surface area (Å²) in [5, 5.41) is 1.03. The van der Waals surface area contributed by atoms with Crippen molar-refractivity contribution in [3.05, 3.63) is 66.0 Å². The number of anilines is 1. The average molecular weight is 402 g/mol. The monoisotopic (exact) mass is 401 g/mol. The van der Waals surface area contributed by atoms with Crippen LogP contribution in [0.25, 0.3) is 10.9 Å². The Kier molecular flexibility index (Phi) is 5.32. The molecule has 2 aliphatic heterocycles. The minimum Gasteiger partial charge on any atom is -0.356 e. The molecule has 2 aliphatic rings. The Morgan fingerprint density at radius 1 is 0.933 bits per heavy atom. The van der Waals surface area contributed by atoms with E-state index in [2.05, 4.69) is 20.9 Å². The van der Waals surface area contributed by atoms with Gasteiger partial charge in [-0.15, -0.1) is 0 Å². The number of piperazine rings is 1. The zero-order valence-electron chi connectivity index (χ0n) is 17.2. The normalized spacial score (nSPS) is 17.6. The van der Waals surface area contributed by atoms with Crippen molar-refractivity contribution in [1.29, 1.82) is 0 Å². The molecule has 0 bridgehead atoms. The maximum atomic E-state index is 13.5. The summed E-state index contributed by atoms with van der Waals surface area (Å²) in [4.78, 5) is 29.3. The molecule has 2 saturated heterocycles. The molecule has 0 N–H and O–H groups in total. The third-order valence-electron chi connectivity index (χ3n) is 6.13. The number of carbonyl (C=O) groups is 1. The number of amides is 1. The third kappa shape index (κ3) is 3.87. The second-order valence-electron chi connectivity index (χ2n) is 8.18. The molecule has 5 rings (SSSR count). The Balaban J connectivity index is 1.35. The van der Waals surface area contributed by atoms with Gasteiger partial charge in [0.25, 0.3) is 5.91 Å². The van der Waals surface area contributed by atoms with Crippen LogP contribution in [0.15, 0.2) is 54.9 Å².